The van der Waals surface area contributed by atoms with Gasteiger partial charge in [0, 0.05) is 24.8 Å². The fourth-order valence-corrected chi connectivity index (χ4v) is 4.08. The molecule has 0 spiro atoms. The average Bonchev–Trinajstić information content (AvgIpc) is 3.25. The Labute approximate surface area is 195 Å². The molecular weight excluding hydrogens is 434 g/mol. The normalized spacial score (nSPS) is 14.4. The van der Waals surface area contributed by atoms with Crippen molar-refractivity contribution in [2.45, 2.75) is 32.8 Å². The van der Waals surface area contributed by atoms with Crippen molar-refractivity contribution < 1.29 is 14.6 Å². The fraction of sp³-hybridized carbons (Fsp3) is 0.280. The molecule has 9 nitrogen and oxygen atoms in total. The molecule has 4 heterocycles. The molecule has 0 bridgehead atoms. The van der Waals surface area contributed by atoms with Crippen LogP contribution in [0.2, 0.25) is 0 Å². The number of phenols is 1. The van der Waals surface area contributed by atoms with Gasteiger partial charge in [-0.05, 0) is 62.6 Å². The highest BCUT2D eigenvalue weighted by atomic mass is 16.6. The van der Waals surface area contributed by atoms with Gasteiger partial charge in [-0.3, -0.25) is 9.89 Å². The monoisotopic (exact) mass is 459 g/mol. The van der Waals surface area contributed by atoms with Crippen LogP contribution < -0.4 is 5.56 Å². The summed E-state index contributed by atoms with van der Waals surface area (Å²) in [6.45, 7) is 6.51. The highest BCUT2D eigenvalue weighted by Crippen LogP contribution is 2.29. The molecule has 9 heteroatoms. The first-order chi connectivity index (χ1) is 16.2. The quantitative estimate of drug-likeness (QED) is 0.469. The molecule has 0 fully saturated rings. The minimum Gasteiger partial charge on any atom is -0.507 e. The molecule has 1 amide bonds. The molecule has 1 aliphatic heterocycles. The number of carbonyl (C=O) groups excluding carboxylic acids is 1. The Bertz CT molecular complexity index is 1510. The third-order valence-electron chi connectivity index (χ3n) is 5.72. The molecule has 3 aromatic heterocycles. The molecule has 4 aromatic rings. The van der Waals surface area contributed by atoms with Gasteiger partial charge in [0.1, 0.15) is 16.9 Å². The number of hydrogen-bond acceptors (Lipinski definition) is 6. The number of amides is 1. The Morgan fingerprint density at radius 2 is 1.97 bits per heavy atom. The van der Waals surface area contributed by atoms with E-state index in [1.807, 2.05) is 45.2 Å². The summed E-state index contributed by atoms with van der Waals surface area (Å²) in [5, 5.41) is 17.3. The van der Waals surface area contributed by atoms with Crippen molar-refractivity contribution in [1.82, 2.24) is 24.5 Å². The van der Waals surface area contributed by atoms with Crippen molar-refractivity contribution >= 4 is 28.3 Å². The summed E-state index contributed by atoms with van der Waals surface area (Å²) in [6.07, 6.45) is 4.20. The number of rotatable bonds is 2. The number of carbonyl (C=O) groups is 1. The van der Waals surface area contributed by atoms with Gasteiger partial charge >= 0.3 is 6.09 Å². The van der Waals surface area contributed by atoms with Gasteiger partial charge in [-0.15, -0.1) is 0 Å². The average molecular weight is 460 g/mol. The number of aromatic amines is 1. The lowest BCUT2D eigenvalue weighted by Gasteiger charge is -2.29. The van der Waals surface area contributed by atoms with Crippen LogP contribution in [0.3, 0.4) is 0 Å². The Morgan fingerprint density at radius 3 is 2.68 bits per heavy atom. The van der Waals surface area contributed by atoms with Gasteiger partial charge in [-0.2, -0.15) is 10.1 Å². The summed E-state index contributed by atoms with van der Waals surface area (Å²) in [6, 6.07) is 10.5. The first-order valence-corrected chi connectivity index (χ1v) is 11.1. The van der Waals surface area contributed by atoms with Crippen LogP contribution >= 0.6 is 0 Å². The van der Waals surface area contributed by atoms with Crippen LogP contribution in [0.5, 0.6) is 5.75 Å². The Balaban J connectivity index is 1.52. The minimum atomic E-state index is -0.541. The number of H-pyrrole nitrogens is 1. The van der Waals surface area contributed by atoms with Crippen molar-refractivity contribution in [3.63, 3.8) is 0 Å². The number of phenolic OH excluding ortho intramolecular Hbond substituents is 1. The number of fused-ring (bicyclic) bond motifs is 3. The van der Waals surface area contributed by atoms with Gasteiger partial charge in [-0.25, -0.2) is 4.79 Å². The number of para-hydroxylation sites is 1. The minimum absolute atomic E-state index is 0.113. The summed E-state index contributed by atoms with van der Waals surface area (Å²) >= 11 is 0. The van der Waals surface area contributed by atoms with Gasteiger partial charge < -0.3 is 19.1 Å². The second-order valence-electron chi connectivity index (χ2n) is 9.31. The summed E-state index contributed by atoms with van der Waals surface area (Å²) in [5.74, 6) is 0.113. The second kappa shape index (κ2) is 8.02. The first kappa shape index (κ1) is 21.7. The van der Waals surface area contributed by atoms with E-state index in [1.54, 1.807) is 33.6 Å². The number of nitrogens with one attached hydrogen (secondary N) is 1. The number of benzene rings is 1. The van der Waals surface area contributed by atoms with Gasteiger partial charge in [0.15, 0.2) is 5.65 Å². The predicted octanol–water partition coefficient (Wildman–Crippen LogP) is 3.97. The van der Waals surface area contributed by atoms with E-state index in [4.69, 9.17) is 4.74 Å². The van der Waals surface area contributed by atoms with Crippen LogP contribution in [-0.4, -0.2) is 54.4 Å². The molecule has 174 valence electrons. The van der Waals surface area contributed by atoms with Crippen LogP contribution in [0.15, 0.2) is 53.5 Å². The SMILES string of the molecule is CC(C)(C)OC(=O)N1CC=C(c2cc3c(=O)nc4[nH]nc(-c5ccccc5O)cc4n3c2)CC1. The standard InChI is InChI=1S/C25H25N5O4/c1-25(2,3)34-24(33)29-10-8-15(9-11-29)16-12-20-23(32)26-22-19(30(20)14-16)13-18(27-28-22)17-6-4-5-7-21(17)31/h4-8,12-14,31H,9-11H2,1-3H3,(H,26,28,32). The third kappa shape index (κ3) is 4.00. The zero-order valence-electron chi connectivity index (χ0n) is 19.2. The van der Waals surface area contributed by atoms with Crippen LogP contribution in [0, 0.1) is 0 Å². The van der Waals surface area contributed by atoms with E-state index in [0.717, 1.165) is 11.1 Å². The van der Waals surface area contributed by atoms with E-state index in [1.165, 1.54) is 0 Å². The number of aromatic nitrogens is 4. The van der Waals surface area contributed by atoms with Crippen molar-refractivity contribution in [3.05, 3.63) is 64.6 Å². The van der Waals surface area contributed by atoms with E-state index >= 15 is 0 Å². The fourth-order valence-electron chi connectivity index (χ4n) is 4.08. The Morgan fingerprint density at radius 1 is 1.18 bits per heavy atom. The molecule has 0 unspecified atom stereocenters. The lowest BCUT2D eigenvalue weighted by Crippen LogP contribution is -2.39. The summed E-state index contributed by atoms with van der Waals surface area (Å²) in [4.78, 5) is 30.8. The summed E-state index contributed by atoms with van der Waals surface area (Å²) < 4.78 is 7.26. The van der Waals surface area contributed by atoms with E-state index in [9.17, 15) is 14.7 Å². The van der Waals surface area contributed by atoms with E-state index in [-0.39, 0.29) is 17.4 Å². The molecule has 34 heavy (non-hydrogen) atoms. The maximum atomic E-state index is 12.7. The number of nitrogens with zero attached hydrogens (tertiary/aromatic N) is 4. The lowest BCUT2D eigenvalue weighted by molar-refractivity contribution is 0.0270. The van der Waals surface area contributed by atoms with Gasteiger partial charge in [0.05, 0.1) is 11.2 Å². The molecule has 1 aliphatic rings. The largest absolute Gasteiger partial charge is 0.507 e. The Hall–Kier alpha value is -4.14. The lowest BCUT2D eigenvalue weighted by atomic mass is 10.0. The summed E-state index contributed by atoms with van der Waals surface area (Å²) in [7, 11) is 0. The van der Waals surface area contributed by atoms with Crippen LogP contribution in [-0.2, 0) is 4.74 Å². The molecule has 2 N–H and O–H groups in total. The highest BCUT2D eigenvalue weighted by Gasteiger charge is 2.24. The maximum Gasteiger partial charge on any atom is 0.410 e. The van der Waals surface area contributed by atoms with Gasteiger partial charge in [0.25, 0.3) is 5.56 Å². The molecule has 0 atom stereocenters. The van der Waals surface area contributed by atoms with Crippen LogP contribution in [0.4, 0.5) is 4.79 Å². The van der Waals surface area contributed by atoms with Crippen molar-refractivity contribution in [1.29, 1.82) is 0 Å². The molecule has 1 aromatic carbocycles. The highest BCUT2D eigenvalue weighted by molar-refractivity contribution is 5.82. The zero-order valence-corrected chi connectivity index (χ0v) is 19.2. The van der Waals surface area contributed by atoms with Crippen molar-refractivity contribution in [2.24, 2.45) is 0 Å². The van der Waals surface area contributed by atoms with Crippen molar-refractivity contribution in [2.75, 3.05) is 13.1 Å². The number of aromatic hydroxyl groups is 1. The first-order valence-electron chi connectivity index (χ1n) is 11.1. The smallest absolute Gasteiger partial charge is 0.410 e. The topological polar surface area (TPSA) is 113 Å². The van der Waals surface area contributed by atoms with E-state index in [0.29, 0.717) is 47.4 Å². The molecule has 5 rings (SSSR count). The molecule has 0 saturated carbocycles. The number of hydrogen-bond donors (Lipinski definition) is 2. The van der Waals surface area contributed by atoms with Gasteiger partial charge in [0.2, 0.25) is 0 Å². The third-order valence-corrected chi connectivity index (χ3v) is 5.72. The summed E-state index contributed by atoms with van der Waals surface area (Å²) in [5.41, 5.74) is 3.62. The molecule has 0 radical (unpaired) electrons. The second-order valence-corrected chi connectivity index (χ2v) is 9.31. The predicted molar refractivity (Wildman–Crippen MR) is 129 cm³/mol. The van der Waals surface area contributed by atoms with E-state index in [2.05, 4.69) is 15.2 Å². The van der Waals surface area contributed by atoms with E-state index < -0.39 is 5.60 Å². The maximum absolute atomic E-state index is 12.7. The molecule has 0 aliphatic carbocycles. The van der Waals surface area contributed by atoms with Crippen LogP contribution in [0.1, 0.15) is 32.8 Å². The zero-order chi connectivity index (χ0) is 24.0. The Kier molecular flexibility index (Phi) is 5.11. The molecule has 0 saturated heterocycles. The van der Waals surface area contributed by atoms with Gasteiger partial charge in [-0.1, -0.05) is 18.2 Å². The number of ether oxygens (including phenoxy) is 1. The molecular formula is C25H25N5O4. The van der Waals surface area contributed by atoms with Crippen molar-refractivity contribution in [3.8, 4) is 17.0 Å². The van der Waals surface area contributed by atoms with Crippen LogP contribution in [0.25, 0.3) is 33.5 Å².